The largest absolute Gasteiger partial charge is 0.496 e. The van der Waals surface area contributed by atoms with Gasteiger partial charge in [-0.2, -0.15) is 0 Å². The Hall–Kier alpha value is -2.57. The number of hydrogen-bond donors (Lipinski definition) is 3. The van der Waals surface area contributed by atoms with Crippen molar-refractivity contribution < 1.29 is 9.53 Å². The van der Waals surface area contributed by atoms with Crippen molar-refractivity contribution in [1.82, 2.24) is 16.2 Å². The van der Waals surface area contributed by atoms with E-state index in [1.807, 2.05) is 18.2 Å². The fraction of sp³-hybridized carbons (Fsp3) is 0.409. The monoisotopic (exact) mass is 380 g/mol. The highest BCUT2D eigenvalue weighted by molar-refractivity contribution is 5.94. The van der Waals surface area contributed by atoms with Crippen LogP contribution in [-0.2, 0) is 6.54 Å². The summed E-state index contributed by atoms with van der Waals surface area (Å²) in [5.41, 5.74) is 10.4. The maximum Gasteiger partial charge on any atom is 0.251 e. The third-order valence-electron chi connectivity index (χ3n) is 5.59. The van der Waals surface area contributed by atoms with E-state index < -0.39 is 0 Å². The molecule has 2 fully saturated rings. The zero-order chi connectivity index (χ0) is 19.3. The van der Waals surface area contributed by atoms with Gasteiger partial charge in [-0.15, -0.1) is 0 Å². The molecule has 4 rings (SSSR count). The molecule has 6 heteroatoms. The summed E-state index contributed by atoms with van der Waals surface area (Å²) >= 11 is 0. The first-order chi connectivity index (χ1) is 13.7. The minimum atomic E-state index is -0.0842. The second-order valence-electron chi connectivity index (χ2n) is 7.46. The highest BCUT2D eigenvalue weighted by atomic mass is 16.5. The van der Waals surface area contributed by atoms with Crippen LogP contribution in [0.2, 0.25) is 0 Å². The number of hydrazine groups is 1. The van der Waals surface area contributed by atoms with Crippen LogP contribution >= 0.6 is 0 Å². The third-order valence-corrected chi connectivity index (χ3v) is 5.59. The summed E-state index contributed by atoms with van der Waals surface area (Å²) in [6.07, 6.45) is 2.51. The number of carbonyl (C=O) groups is 1. The molecule has 6 nitrogen and oxygen atoms in total. The lowest BCUT2D eigenvalue weighted by atomic mass is 9.97. The van der Waals surface area contributed by atoms with E-state index in [1.54, 1.807) is 7.11 Å². The maximum absolute atomic E-state index is 12.7. The topological polar surface area (TPSA) is 65.6 Å². The van der Waals surface area contributed by atoms with E-state index in [2.05, 4.69) is 45.3 Å². The van der Waals surface area contributed by atoms with Crippen LogP contribution in [0.3, 0.4) is 0 Å². The molecule has 28 heavy (non-hydrogen) atoms. The van der Waals surface area contributed by atoms with Crippen LogP contribution in [0.4, 0.5) is 5.69 Å². The van der Waals surface area contributed by atoms with Gasteiger partial charge in [-0.3, -0.25) is 15.6 Å². The molecule has 2 aromatic rings. The van der Waals surface area contributed by atoms with Crippen LogP contribution in [0.15, 0.2) is 42.5 Å². The van der Waals surface area contributed by atoms with Crippen molar-refractivity contribution >= 4 is 11.6 Å². The van der Waals surface area contributed by atoms with Gasteiger partial charge in [-0.1, -0.05) is 18.2 Å². The highest BCUT2D eigenvalue weighted by Gasteiger charge is 2.21. The van der Waals surface area contributed by atoms with Crippen molar-refractivity contribution in [3.63, 3.8) is 0 Å². The number of hydrogen-bond acceptors (Lipinski definition) is 5. The van der Waals surface area contributed by atoms with Crippen LogP contribution in [-0.4, -0.2) is 39.2 Å². The van der Waals surface area contributed by atoms with Crippen LogP contribution < -0.4 is 25.8 Å². The van der Waals surface area contributed by atoms with Crippen molar-refractivity contribution in [3.8, 4) is 5.75 Å². The number of methoxy groups -OCH3 is 1. The molecule has 0 aliphatic carbocycles. The molecule has 2 aromatic carbocycles. The van der Waals surface area contributed by atoms with Crippen molar-refractivity contribution in [2.45, 2.75) is 25.3 Å². The minimum absolute atomic E-state index is 0.0842. The van der Waals surface area contributed by atoms with Gasteiger partial charge in [0.15, 0.2) is 0 Å². The van der Waals surface area contributed by atoms with Crippen LogP contribution in [0.1, 0.15) is 40.2 Å². The van der Waals surface area contributed by atoms with Crippen molar-refractivity contribution in [3.05, 3.63) is 59.2 Å². The van der Waals surface area contributed by atoms with Crippen LogP contribution in [0, 0.1) is 0 Å². The molecule has 2 aliphatic rings. The lowest BCUT2D eigenvalue weighted by molar-refractivity contribution is 0.0950. The number of nitrogens with zero attached hydrogens (tertiary/aromatic N) is 1. The van der Waals surface area contributed by atoms with Gasteiger partial charge in [-0.05, 0) is 48.2 Å². The molecule has 0 atom stereocenters. The minimum Gasteiger partial charge on any atom is -0.496 e. The molecule has 3 N–H and O–H groups in total. The molecular formula is C22H28N4O2. The van der Waals surface area contributed by atoms with Crippen molar-refractivity contribution in [2.75, 3.05) is 38.2 Å². The number of rotatable bonds is 6. The summed E-state index contributed by atoms with van der Waals surface area (Å²) in [6, 6.07) is 14.2. The van der Waals surface area contributed by atoms with Crippen LogP contribution in [0.25, 0.3) is 0 Å². The number of anilines is 1. The lowest BCUT2D eigenvalue weighted by Crippen LogP contribution is -2.23. The molecule has 0 radical (unpaired) electrons. The predicted octanol–water partition coefficient (Wildman–Crippen LogP) is 2.42. The van der Waals surface area contributed by atoms with Gasteiger partial charge in [0.2, 0.25) is 0 Å². The summed E-state index contributed by atoms with van der Waals surface area (Å²) < 4.78 is 5.54. The van der Waals surface area contributed by atoms with Crippen molar-refractivity contribution in [1.29, 1.82) is 0 Å². The normalized spacial score (nSPS) is 17.1. The molecule has 0 spiro atoms. The fourth-order valence-corrected chi connectivity index (χ4v) is 4.00. The van der Waals surface area contributed by atoms with Gasteiger partial charge < -0.3 is 15.0 Å². The summed E-state index contributed by atoms with van der Waals surface area (Å²) in [4.78, 5) is 15.1. The Balaban J connectivity index is 1.41. The first-order valence-corrected chi connectivity index (χ1v) is 10.0. The Morgan fingerprint density at radius 3 is 2.68 bits per heavy atom. The van der Waals surface area contributed by atoms with Crippen LogP contribution in [0.5, 0.6) is 5.75 Å². The second kappa shape index (κ2) is 8.63. The molecule has 0 saturated carbocycles. The van der Waals surface area contributed by atoms with Gasteiger partial charge in [0.05, 0.1) is 7.11 Å². The SMILES string of the molecule is COc1cc(C(=O)NCc2cccc(N3CCCC3)c2)ccc1C1CNNC1. The zero-order valence-electron chi connectivity index (χ0n) is 16.3. The molecular weight excluding hydrogens is 352 g/mol. The third kappa shape index (κ3) is 4.13. The van der Waals surface area contributed by atoms with E-state index in [0.717, 1.165) is 43.1 Å². The number of ether oxygens (including phenoxy) is 1. The Morgan fingerprint density at radius 2 is 1.93 bits per heavy atom. The Bertz CT molecular complexity index is 827. The average molecular weight is 380 g/mol. The van der Waals surface area contributed by atoms with Gasteiger partial charge in [0.1, 0.15) is 5.75 Å². The van der Waals surface area contributed by atoms with E-state index in [9.17, 15) is 4.79 Å². The molecule has 2 heterocycles. The number of amides is 1. The quantitative estimate of drug-likeness (QED) is 0.718. The Labute approximate surface area is 166 Å². The Kier molecular flexibility index (Phi) is 5.78. The standard InChI is InChI=1S/C22H28N4O2/c1-28-21-12-17(7-8-20(21)18-14-24-25-15-18)22(27)23-13-16-5-4-6-19(11-16)26-9-2-3-10-26/h4-8,11-12,18,24-25H,2-3,9-10,13-15H2,1H3,(H,23,27). The van der Waals surface area contributed by atoms with E-state index in [0.29, 0.717) is 18.0 Å². The van der Waals surface area contributed by atoms with Gasteiger partial charge in [0, 0.05) is 49.9 Å². The fourth-order valence-electron chi connectivity index (χ4n) is 4.00. The summed E-state index contributed by atoms with van der Waals surface area (Å²) in [5.74, 6) is 1.03. The van der Waals surface area contributed by atoms with E-state index in [1.165, 1.54) is 18.5 Å². The zero-order valence-corrected chi connectivity index (χ0v) is 16.3. The first-order valence-electron chi connectivity index (χ1n) is 10.0. The second-order valence-corrected chi connectivity index (χ2v) is 7.46. The first kappa shape index (κ1) is 18.8. The molecule has 1 amide bonds. The van der Waals surface area contributed by atoms with Gasteiger partial charge in [0.25, 0.3) is 5.91 Å². The van der Waals surface area contributed by atoms with Gasteiger partial charge in [-0.25, -0.2) is 0 Å². The maximum atomic E-state index is 12.7. The molecule has 0 bridgehead atoms. The summed E-state index contributed by atoms with van der Waals surface area (Å²) in [5, 5.41) is 3.04. The van der Waals surface area contributed by atoms with Crippen molar-refractivity contribution in [2.24, 2.45) is 0 Å². The Morgan fingerprint density at radius 1 is 1.14 bits per heavy atom. The molecule has 0 aromatic heterocycles. The predicted molar refractivity (Wildman–Crippen MR) is 111 cm³/mol. The number of benzene rings is 2. The molecule has 148 valence electrons. The average Bonchev–Trinajstić information content (AvgIpc) is 3.46. The highest BCUT2D eigenvalue weighted by Crippen LogP contribution is 2.28. The van der Waals surface area contributed by atoms with Gasteiger partial charge >= 0.3 is 0 Å². The smallest absolute Gasteiger partial charge is 0.251 e. The summed E-state index contributed by atoms with van der Waals surface area (Å²) in [6.45, 7) is 4.47. The number of carbonyl (C=O) groups excluding carboxylic acids is 1. The lowest BCUT2D eigenvalue weighted by Gasteiger charge is -2.18. The van der Waals surface area contributed by atoms with E-state index >= 15 is 0 Å². The molecule has 2 saturated heterocycles. The molecule has 2 aliphatic heterocycles. The molecule has 0 unspecified atom stereocenters. The van der Waals surface area contributed by atoms with E-state index in [4.69, 9.17) is 4.74 Å². The van der Waals surface area contributed by atoms with E-state index in [-0.39, 0.29) is 5.91 Å². The number of nitrogens with one attached hydrogen (secondary N) is 3. The summed E-state index contributed by atoms with van der Waals surface area (Å²) in [7, 11) is 1.65.